The third-order valence-electron chi connectivity index (χ3n) is 3.32. The number of rotatable bonds is 11. The molecule has 1 rings (SSSR count). The van der Waals surface area contributed by atoms with Gasteiger partial charge in [-0.2, -0.15) is 0 Å². The van der Waals surface area contributed by atoms with Crippen LogP contribution in [0.25, 0.3) is 0 Å². The fraction of sp³-hybridized carbons (Fsp3) is 0.647. The molecule has 19 heavy (non-hydrogen) atoms. The van der Waals surface area contributed by atoms with Crippen LogP contribution in [0.1, 0.15) is 63.6 Å². The first-order chi connectivity index (χ1) is 9.34. The molecule has 0 aromatic heterocycles. The summed E-state index contributed by atoms with van der Waals surface area (Å²) in [5, 5.41) is 0. The van der Waals surface area contributed by atoms with Gasteiger partial charge in [-0.15, -0.1) is 0 Å². The maximum atomic E-state index is 13.8. The highest BCUT2D eigenvalue weighted by atomic mass is 19.1. The maximum Gasteiger partial charge on any atom is 0.127 e. The van der Waals surface area contributed by atoms with Crippen LogP contribution in [-0.4, -0.2) is 13.2 Å². The fourth-order valence-corrected chi connectivity index (χ4v) is 2.10. The Kier molecular flexibility index (Phi) is 9.34. The first-order valence-electron chi connectivity index (χ1n) is 7.61. The minimum Gasteiger partial charge on any atom is -0.381 e. The zero-order valence-electron chi connectivity index (χ0n) is 12.1. The Hall–Kier alpha value is -0.890. The van der Waals surface area contributed by atoms with Crippen molar-refractivity contribution in [2.75, 3.05) is 13.2 Å². The van der Waals surface area contributed by atoms with Gasteiger partial charge in [-0.25, -0.2) is 4.39 Å². The van der Waals surface area contributed by atoms with E-state index in [1.165, 1.54) is 32.1 Å². The predicted octanol–water partition coefficient (Wildman–Crippen LogP) is 5.46. The molecule has 0 heterocycles. The molecule has 1 atom stereocenters. The minimum absolute atomic E-state index is 0.458. The van der Waals surface area contributed by atoms with E-state index in [9.17, 15) is 4.39 Å². The van der Waals surface area contributed by atoms with Crippen LogP contribution in [0.2, 0.25) is 0 Å². The molecule has 0 aliphatic heterocycles. The third kappa shape index (κ3) is 7.99. The highest BCUT2D eigenvalue weighted by Gasteiger charge is 2.08. The van der Waals surface area contributed by atoms with Crippen LogP contribution in [0.15, 0.2) is 30.3 Å². The van der Waals surface area contributed by atoms with Gasteiger partial charge in [0.2, 0.25) is 0 Å². The van der Waals surface area contributed by atoms with E-state index < -0.39 is 6.17 Å². The van der Waals surface area contributed by atoms with E-state index in [4.69, 9.17) is 4.74 Å². The lowest BCUT2D eigenvalue weighted by molar-refractivity contribution is 0.108. The van der Waals surface area contributed by atoms with Crippen molar-refractivity contribution in [3.63, 3.8) is 0 Å². The number of hydrogen-bond donors (Lipinski definition) is 0. The van der Waals surface area contributed by atoms with Crippen molar-refractivity contribution >= 4 is 0 Å². The third-order valence-corrected chi connectivity index (χ3v) is 3.32. The lowest BCUT2D eigenvalue weighted by Crippen LogP contribution is -2.01. The predicted molar refractivity (Wildman–Crippen MR) is 79.1 cm³/mol. The Balaban J connectivity index is 1.93. The van der Waals surface area contributed by atoms with Crippen molar-refractivity contribution in [2.45, 2.75) is 58.0 Å². The lowest BCUT2D eigenvalue weighted by Gasteiger charge is -2.09. The molecule has 0 amide bonds. The van der Waals surface area contributed by atoms with E-state index in [1.807, 2.05) is 30.3 Å². The van der Waals surface area contributed by atoms with Gasteiger partial charge in [-0.05, 0) is 12.0 Å². The molecule has 0 aliphatic rings. The quantitative estimate of drug-likeness (QED) is 0.483. The molecule has 0 fully saturated rings. The van der Waals surface area contributed by atoms with Crippen LogP contribution in [0.3, 0.4) is 0 Å². The van der Waals surface area contributed by atoms with Crippen molar-refractivity contribution in [3.8, 4) is 0 Å². The fourth-order valence-electron chi connectivity index (χ4n) is 2.10. The highest BCUT2D eigenvalue weighted by Crippen LogP contribution is 2.20. The normalized spacial score (nSPS) is 12.5. The van der Waals surface area contributed by atoms with Gasteiger partial charge >= 0.3 is 0 Å². The maximum absolute atomic E-state index is 13.8. The summed E-state index contributed by atoms with van der Waals surface area (Å²) in [6.45, 7) is 3.52. The molecule has 1 unspecified atom stereocenters. The summed E-state index contributed by atoms with van der Waals surface area (Å²) in [7, 11) is 0. The van der Waals surface area contributed by atoms with Crippen molar-refractivity contribution in [1.82, 2.24) is 0 Å². The van der Waals surface area contributed by atoms with Gasteiger partial charge in [0.15, 0.2) is 0 Å². The Morgan fingerprint density at radius 3 is 2.37 bits per heavy atom. The minimum atomic E-state index is -0.897. The van der Waals surface area contributed by atoms with Crippen molar-refractivity contribution in [2.24, 2.45) is 0 Å². The van der Waals surface area contributed by atoms with Gasteiger partial charge in [0.25, 0.3) is 0 Å². The van der Waals surface area contributed by atoms with E-state index in [0.717, 1.165) is 18.6 Å². The van der Waals surface area contributed by atoms with Gasteiger partial charge in [-0.1, -0.05) is 69.4 Å². The Bertz CT molecular complexity index is 299. The number of alkyl halides is 1. The number of unbranched alkanes of at least 4 members (excludes halogenated alkanes) is 5. The molecular formula is C17H27FO. The Morgan fingerprint density at radius 2 is 1.63 bits per heavy atom. The van der Waals surface area contributed by atoms with Crippen LogP contribution in [-0.2, 0) is 4.74 Å². The van der Waals surface area contributed by atoms with Crippen molar-refractivity contribution < 1.29 is 9.13 Å². The zero-order valence-corrected chi connectivity index (χ0v) is 12.1. The smallest absolute Gasteiger partial charge is 0.127 e. The topological polar surface area (TPSA) is 9.23 Å². The molecule has 0 saturated carbocycles. The van der Waals surface area contributed by atoms with Crippen LogP contribution in [0.5, 0.6) is 0 Å². The van der Waals surface area contributed by atoms with Gasteiger partial charge in [0.05, 0.1) is 0 Å². The Morgan fingerprint density at radius 1 is 0.947 bits per heavy atom. The number of hydrogen-bond acceptors (Lipinski definition) is 1. The van der Waals surface area contributed by atoms with Crippen LogP contribution in [0.4, 0.5) is 4.39 Å². The number of halogens is 1. The molecule has 0 N–H and O–H groups in total. The molecule has 0 saturated heterocycles. The second kappa shape index (κ2) is 11.0. The molecule has 0 aliphatic carbocycles. The standard InChI is InChI=1S/C17H27FO/c1-2-3-4-5-6-10-14-19-15-13-17(18)16-11-8-7-9-12-16/h7-9,11-12,17H,2-6,10,13-15H2,1H3. The largest absolute Gasteiger partial charge is 0.381 e. The molecule has 1 nitrogen and oxygen atoms in total. The molecule has 108 valence electrons. The zero-order chi connectivity index (χ0) is 13.8. The second-order valence-electron chi connectivity index (χ2n) is 5.05. The average molecular weight is 266 g/mol. The summed E-state index contributed by atoms with van der Waals surface area (Å²) in [5.74, 6) is 0. The summed E-state index contributed by atoms with van der Waals surface area (Å²) in [5.41, 5.74) is 0.755. The monoisotopic (exact) mass is 266 g/mol. The molecule has 0 bridgehead atoms. The summed E-state index contributed by atoms with van der Waals surface area (Å²) in [6, 6.07) is 9.32. The van der Waals surface area contributed by atoms with E-state index in [2.05, 4.69) is 6.92 Å². The van der Waals surface area contributed by atoms with Crippen LogP contribution >= 0.6 is 0 Å². The first-order valence-corrected chi connectivity index (χ1v) is 7.61. The second-order valence-corrected chi connectivity index (χ2v) is 5.05. The van der Waals surface area contributed by atoms with Gasteiger partial charge in [0, 0.05) is 19.6 Å². The summed E-state index contributed by atoms with van der Waals surface area (Å²) >= 11 is 0. The Labute approximate surface area is 117 Å². The van der Waals surface area contributed by atoms with Gasteiger partial charge < -0.3 is 4.74 Å². The SMILES string of the molecule is CCCCCCCCOCCC(F)c1ccccc1. The van der Waals surface area contributed by atoms with E-state index >= 15 is 0 Å². The molecule has 1 aromatic carbocycles. The van der Waals surface area contributed by atoms with Gasteiger partial charge in [0.1, 0.15) is 6.17 Å². The molecule has 0 radical (unpaired) electrons. The molecular weight excluding hydrogens is 239 g/mol. The van der Waals surface area contributed by atoms with Gasteiger partial charge in [-0.3, -0.25) is 0 Å². The number of ether oxygens (including phenoxy) is 1. The van der Waals surface area contributed by atoms with Crippen molar-refractivity contribution in [1.29, 1.82) is 0 Å². The van der Waals surface area contributed by atoms with E-state index in [-0.39, 0.29) is 0 Å². The summed E-state index contributed by atoms with van der Waals surface area (Å²) < 4.78 is 19.3. The summed E-state index contributed by atoms with van der Waals surface area (Å²) in [6.07, 6.45) is 7.15. The van der Waals surface area contributed by atoms with Crippen LogP contribution < -0.4 is 0 Å². The van der Waals surface area contributed by atoms with Crippen LogP contribution in [0, 0.1) is 0 Å². The lowest BCUT2D eigenvalue weighted by atomic mass is 10.1. The molecule has 1 aromatic rings. The highest BCUT2D eigenvalue weighted by molar-refractivity contribution is 5.17. The molecule has 0 spiro atoms. The number of benzene rings is 1. The van der Waals surface area contributed by atoms with E-state index in [1.54, 1.807) is 0 Å². The average Bonchev–Trinajstić information content (AvgIpc) is 2.46. The van der Waals surface area contributed by atoms with E-state index in [0.29, 0.717) is 13.0 Å². The summed E-state index contributed by atoms with van der Waals surface area (Å²) in [4.78, 5) is 0. The molecule has 2 heteroatoms. The first kappa shape index (κ1) is 16.2. The van der Waals surface area contributed by atoms with Crippen molar-refractivity contribution in [3.05, 3.63) is 35.9 Å².